The van der Waals surface area contributed by atoms with Crippen molar-refractivity contribution in [2.75, 3.05) is 13.1 Å². The van der Waals surface area contributed by atoms with Crippen LogP contribution in [0.4, 0.5) is 0 Å². The molecule has 1 fully saturated rings. The van der Waals surface area contributed by atoms with Crippen LogP contribution in [0.5, 0.6) is 0 Å². The first kappa shape index (κ1) is 15.7. The average Bonchev–Trinajstić information content (AvgIpc) is 3.16. The summed E-state index contributed by atoms with van der Waals surface area (Å²) in [7, 11) is 0. The number of piperidine rings is 1. The Morgan fingerprint density at radius 1 is 1.16 bits per heavy atom. The van der Waals surface area contributed by atoms with Crippen LogP contribution in [0, 0.1) is 13.8 Å². The molecule has 0 bridgehead atoms. The molecule has 0 saturated carbocycles. The third kappa shape index (κ3) is 2.99. The van der Waals surface area contributed by atoms with Crippen LogP contribution < -0.4 is 0 Å². The lowest BCUT2D eigenvalue weighted by Gasteiger charge is -2.33. The van der Waals surface area contributed by atoms with Gasteiger partial charge in [-0.2, -0.15) is 5.10 Å². The lowest BCUT2D eigenvalue weighted by molar-refractivity contribution is 0.0673. The van der Waals surface area contributed by atoms with E-state index in [1.54, 1.807) is 6.20 Å². The van der Waals surface area contributed by atoms with Gasteiger partial charge in [0, 0.05) is 31.0 Å². The maximum absolute atomic E-state index is 13.0. The minimum atomic E-state index is 0.0544. The zero-order chi connectivity index (χ0) is 17.4. The monoisotopic (exact) mass is 335 g/mol. The third-order valence-corrected chi connectivity index (χ3v) is 4.90. The number of hydrogen-bond acceptors (Lipinski definition) is 4. The lowest BCUT2D eigenvalue weighted by Crippen LogP contribution is -2.40. The molecule has 0 aliphatic carbocycles. The van der Waals surface area contributed by atoms with Crippen molar-refractivity contribution < 1.29 is 4.79 Å². The number of nitrogens with zero attached hydrogens (tertiary/aromatic N) is 5. The molecule has 4 rings (SSSR count). The van der Waals surface area contributed by atoms with Gasteiger partial charge in [-0.05, 0) is 51.0 Å². The second-order valence-corrected chi connectivity index (χ2v) is 6.63. The maximum Gasteiger partial charge on any atom is 0.254 e. The number of aryl methyl sites for hydroxylation is 2. The lowest BCUT2D eigenvalue weighted by atomic mass is 10.0. The second-order valence-electron chi connectivity index (χ2n) is 6.63. The summed E-state index contributed by atoms with van der Waals surface area (Å²) in [6, 6.07) is 7.77. The topological polar surface area (TPSA) is 63.9 Å². The molecule has 1 unspecified atom stereocenters. The van der Waals surface area contributed by atoms with Gasteiger partial charge in [0.1, 0.15) is 0 Å². The van der Waals surface area contributed by atoms with Gasteiger partial charge in [0.25, 0.3) is 5.91 Å². The quantitative estimate of drug-likeness (QED) is 0.722. The standard InChI is InChI=1S/C19H21N5O/c1-13-14(2)22-18-11-15(6-7-17(18)21-13)19(25)23-9-3-5-16(12-23)24-10-4-8-20-24/h4,6-8,10-11,16H,3,5,9,12H2,1-2H3. The Labute approximate surface area is 146 Å². The molecule has 1 amide bonds. The molecule has 1 aliphatic heterocycles. The van der Waals surface area contributed by atoms with Gasteiger partial charge in [0.15, 0.2) is 0 Å². The summed E-state index contributed by atoms with van der Waals surface area (Å²) in [4.78, 5) is 24.0. The highest BCUT2D eigenvalue weighted by atomic mass is 16.2. The van der Waals surface area contributed by atoms with Crippen molar-refractivity contribution >= 4 is 16.9 Å². The van der Waals surface area contributed by atoms with E-state index in [4.69, 9.17) is 0 Å². The maximum atomic E-state index is 13.0. The van der Waals surface area contributed by atoms with Crippen molar-refractivity contribution in [1.29, 1.82) is 0 Å². The Morgan fingerprint density at radius 2 is 1.96 bits per heavy atom. The molecule has 128 valence electrons. The number of carbonyl (C=O) groups excluding carboxylic acids is 1. The number of rotatable bonds is 2. The number of amides is 1. The Balaban J connectivity index is 1.59. The Kier molecular flexibility index (Phi) is 3.95. The molecule has 0 N–H and O–H groups in total. The predicted octanol–water partition coefficient (Wildman–Crippen LogP) is 2.92. The summed E-state index contributed by atoms with van der Waals surface area (Å²) < 4.78 is 1.96. The van der Waals surface area contributed by atoms with Crippen molar-refractivity contribution in [2.45, 2.75) is 32.7 Å². The molecule has 2 aromatic heterocycles. The average molecular weight is 335 g/mol. The van der Waals surface area contributed by atoms with Gasteiger partial charge < -0.3 is 4.90 Å². The Bertz CT molecular complexity index is 919. The molecule has 0 spiro atoms. The van der Waals surface area contributed by atoms with Crippen molar-refractivity contribution in [3.8, 4) is 0 Å². The fourth-order valence-corrected chi connectivity index (χ4v) is 3.40. The first-order chi connectivity index (χ1) is 12.1. The van der Waals surface area contributed by atoms with Crippen LogP contribution >= 0.6 is 0 Å². The Morgan fingerprint density at radius 3 is 2.72 bits per heavy atom. The first-order valence-electron chi connectivity index (χ1n) is 8.65. The molecule has 1 aliphatic rings. The van der Waals surface area contributed by atoms with Gasteiger partial charge in [-0.25, -0.2) is 9.97 Å². The minimum Gasteiger partial charge on any atom is -0.337 e. The second kappa shape index (κ2) is 6.27. The molecule has 3 heterocycles. The number of fused-ring (bicyclic) bond motifs is 1. The van der Waals surface area contributed by atoms with Crippen LogP contribution in [-0.4, -0.2) is 43.6 Å². The van der Waals surface area contributed by atoms with Gasteiger partial charge in [0.05, 0.1) is 28.5 Å². The van der Waals surface area contributed by atoms with E-state index in [9.17, 15) is 4.79 Å². The summed E-state index contributed by atoms with van der Waals surface area (Å²) in [6.07, 6.45) is 5.79. The molecule has 1 aromatic carbocycles. The number of carbonyl (C=O) groups is 1. The molecule has 25 heavy (non-hydrogen) atoms. The Hall–Kier alpha value is -2.76. The minimum absolute atomic E-state index is 0.0544. The van der Waals surface area contributed by atoms with E-state index in [0.717, 1.165) is 41.8 Å². The number of likely N-dealkylation sites (tertiary alicyclic amines) is 1. The van der Waals surface area contributed by atoms with Crippen molar-refractivity contribution in [3.63, 3.8) is 0 Å². The number of hydrogen-bond donors (Lipinski definition) is 0. The van der Waals surface area contributed by atoms with E-state index >= 15 is 0 Å². The van der Waals surface area contributed by atoms with Crippen LogP contribution in [-0.2, 0) is 0 Å². The van der Waals surface area contributed by atoms with Crippen LogP contribution in [0.1, 0.15) is 40.6 Å². The fourth-order valence-electron chi connectivity index (χ4n) is 3.40. The van der Waals surface area contributed by atoms with Crippen LogP contribution in [0.15, 0.2) is 36.7 Å². The summed E-state index contributed by atoms with van der Waals surface area (Å²) in [5.41, 5.74) is 4.09. The molecule has 6 heteroatoms. The van der Waals surface area contributed by atoms with E-state index in [1.807, 2.05) is 53.9 Å². The van der Waals surface area contributed by atoms with E-state index < -0.39 is 0 Å². The van der Waals surface area contributed by atoms with Gasteiger partial charge in [0.2, 0.25) is 0 Å². The van der Waals surface area contributed by atoms with E-state index in [-0.39, 0.29) is 11.9 Å². The van der Waals surface area contributed by atoms with Crippen molar-refractivity contribution in [2.24, 2.45) is 0 Å². The molecule has 3 aromatic rings. The molecule has 1 saturated heterocycles. The highest BCUT2D eigenvalue weighted by Gasteiger charge is 2.26. The van der Waals surface area contributed by atoms with Gasteiger partial charge in [-0.3, -0.25) is 9.48 Å². The van der Waals surface area contributed by atoms with Gasteiger partial charge >= 0.3 is 0 Å². The molecular weight excluding hydrogens is 314 g/mol. The number of aromatic nitrogens is 4. The van der Waals surface area contributed by atoms with Gasteiger partial charge in [-0.15, -0.1) is 0 Å². The first-order valence-corrected chi connectivity index (χ1v) is 8.65. The highest BCUT2D eigenvalue weighted by Crippen LogP contribution is 2.23. The van der Waals surface area contributed by atoms with Crippen LogP contribution in [0.25, 0.3) is 11.0 Å². The number of benzene rings is 1. The molecular formula is C19H21N5O. The summed E-state index contributed by atoms with van der Waals surface area (Å²) >= 11 is 0. The van der Waals surface area contributed by atoms with E-state index in [0.29, 0.717) is 12.1 Å². The summed E-state index contributed by atoms with van der Waals surface area (Å²) in [5.74, 6) is 0.0544. The highest BCUT2D eigenvalue weighted by molar-refractivity contribution is 5.97. The van der Waals surface area contributed by atoms with Crippen molar-refractivity contribution in [3.05, 3.63) is 53.6 Å². The fraction of sp³-hybridized carbons (Fsp3) is 0.368. The molecule has 1 atom stereocenters. The van der Waals surface area contributed by atoms with Gasteiger partial charge in [-0.1, -0.05) is 0 Å². The molecule has 6 nitrogen and oxygen atoms in total. The van der Waals surface area contributed by atoms with E-state index in [2.05, 4.69) is 15.1 Å². The third-order valence-electron chi connectivity index (χ3n) is 4.90. The normalized spacial score (nSPS) is 17.8. The molecule has 0 radical (unpaired) electrons. The zero-order valence-corrected chi connectivity index (χ0v) is 14.5. The van der Waals surface area contributed by atoms with Crippen LogP contribution in [0.2, 0.25) is 0 Å². The summed E-state index contributed by atoms with van der Waals surface area (Å²) in [6.45, 7) is 5.37. The van der Waals surface area contributed by atoms with E-state index in [1.165, 1.54) is 0 Å². The largest absolute Gasteiger partial charge is 0.337 e. The smallest absolute Gasteiger partial charge is 0.254 e. The SMILES string of the molecule is Cc1nc2ccc(C(=O)N3CCCC(n4cccn4)C3)cc2nc1C. The zero-order valence-electron chi connectivity index (χ0n) is 14.5. The van der Waals surface area contributed by atoms with Crippen molar-refractivity contribution in [1.82, 2.24) is 24.6 Å². The summed E-state index contributed by atoms with van der Waals surface area (Å²) in [5, 5.41) is 4.33. The van der Waals surface area contributed by atoms with Crippen LogP contribution in [0.3, 0.4) is 0 Å². The predicted molar refractivity (Wildman–Crippen MR) is 95.4 cm³/mol.